The van der Waals surface area contributed by atoms with Crippen molar-refractivity contribution in [1.82, 2.24) is 9.97 Å². The van der Waals surface area contributed by atoms with Gasteiger partial charge in [0, 0.05) is 24.1 Å². The molecule has 3 aromatic rings. The fourth-order valence-electron chi connectivity index (χ4n) is 3.37. The average molecular weight is 449 g/mol. The monoisotopic (exact) mass is 449 g/mol. The summed E-state index contributed by atoms with van der Waals surface area (Å²) in [6.45, 7) is 1.01. The van der Waals surface area contributed by atoms with Crippen molar-refractivity contribution >= 4 is 15.5 Å². The van der Waals surface area contributed by atoms with E-state index in [4.69, 9.17) is 4.74 Å². The molecule has 0 fully saturated rings. The third-order valence-corrected chi connectivity index (χ3v) is 6.08. The number of benzene rings is 2. The van der Waals surface area contributed by atoms with E-state index in [1.807, 2.05) is 11.0 Å². The van der Waals surface area contributed by atoms with Gasteiger partial charge in [-0.25, -0.2) is 18.4 Å². The second-order valence-corrected chi connectivity index (χ2v) is 9.19. The lowest BCUT2D eigenvalue weighted by Gasteiger charge is -2.30. The van der Waals surface area contributed by atoms with Crippen molar-refractivity contribution in [2.45, 2.75) is 24.0 Å². The van der Waals surface area contributed by atoms with Crippen LogP contribution in [0, 0.1) is 0 Å². The summed E-state index contributed by atoms with van der Waals surface area (Å²) in [5.74, 6) is 0.548. The molecule has 0 spiro atoms. The first-order valence-electron chi connectivity index (χ1n) is 9.34. The van der Waals surface area contributed by atoms with Crippen LogP contribution in [0.15, 0.2) is 59.8 Å². The predicted molar refractivity (Wildman–Crippen MR) is 108 cm³/mol. The zero-order chi connectivity index (χ0) is 22.2. The maximum absolute atomic E-state index is 12.7. The van der Waals surface area contributed by atoms with Crippen LogP contribution in [-0.4, -0.2) is 31.2 Å². The number of rotatable bonds is 4. The molecular weight excluding hydrogens is 431 g/mol. The molecule has 0 N–H and O–H groups in total. The highest BCUT2D eigenvalue weighted by Gasteiger charge is 2.30. The zero-order valence-electron chi connectivity index (χ0n) is 16.4. The molecule has 1 aliphatic heterocycles. The number of fused-ring (bicyclic) bond motifs is 1. The van der Waals surface area contributed by atoms with E-state index in [0.717, 1.165) is 29.6 Å². The van der Waals surface area contributed by atoms with E-state index in [1.54, 1.807) is 18.2 Å². The van der Waals surface area contributed by atoms with E-state index in [2.05, 4.69) is 9.97 Å². The van der Waals surface area contributed by atoms with E-state index >= 15 is 0 Å². The van der Waals surface area contributed by atoms with Crippen LogP contribution >= 0.6 is 0 Å². The highest BCUT2D eigenvalue weighted by atomic mass is 32.2. The molecule has 0 unspecified atom stereocenters. The van der Waals surface area contributed by atoms with E-state index < -0.39 is 21.6 Å². The molecule has 31 heavy (non-hydrogen) atoms. The molecule has 0 aliphatic carbocycles. The Labute approximate surface area is 177 Å². The summed E-state index contributed by atoms with van der Waals surface area (Å²) in [4.78, 5) is 10.7. The van der Waals surface area contributed by atoms with Gasteiger partial charge in [0.15, 0.2) is 9.84 Å². The fraction of sp³-hybridized carbons (Fsp3) is 0.238. The molecule has 2 heterocycles. The molecule has 1 aromatic heterocycles. The summed E-state index contributed by atoms with van der Waals surface area (Å²) in [5, 5.41) is 0. The Morgan fingerprint density at radius 1 is 1.06 bits per heavy atom. The van der Waals surface area contributed by atoms with Crippen LogP contribution in [0.2, 0.25) is 0 Å². The van der Waals surface area contributed by atoms with Crippen molar-refractivity contribution in [2.24, 2.45) is 0 Å². The Bertz CT molecular complexity index is 1210. The Hall–Kier alpha value is -3.14. The van der Waals surface area contributed by atoms with E-state index in [0.29, 0.717) is 31.1 Å². The first-order valence-corrected chi connectivity index (χ1v) is 11.2. The lowest BCUT2D eigenvalue weighted by Crippen LogP contribution is -2.31. The molecule has 6 nitrogen and oxygen atoms in total. The topological polar surface area (TPSA) is 72.4 Å². The molecule has 1 aliphatic rings. The van der Waals surface area contributed by atoms with Crippen molar-refractivity contribution in [2.75, 3.05) is 17.7 Å². The van der Waals surface area contributed by atoms with Gasteiger partial charge in [-0.15, -0.1) is 0 Å². The average Bonchev–Trinajstić information content (AvgIpc) is 2.73. The Morgan fingerprint density at radius 2 is 1.81 bits per heavy atom. The highest BCUT2D eigenvalue weighted by molar-refractivity contribution is 7.90. The quantitative estimate of drug-likeness (QED) is 0.593. The van der Waals surface area contributed by atoms with Crippen molar-refractivity contribution in [3.05, 3.63) is 71.7 Å². The molecular formula is C21H18F3N3O3S. The van der Waals surface area contributed by atoms with Gasteiger partial charge in [-0.05, 0) is 48.9 Å². The van der Waals surface area contributed by atoms with Gasteiger partial charge < -0.3 is 9.64 Å². The second-order valence-electron chi connectivity index (χ2n) is 7.17. The number of nitrogens with zero attached hydrogens (tertiary/aromatic N) is 3. The minimum Gasteiger partial charge on any atom is -0.439 e. The van der Waals surface area contributed by atoms with Crippen LogP contribution in [0.1, 0.15) is 16.8 Å². The summed E-state index contributed by atoms with van der Waals surface area (Å²) in [7, 11) is -3.32. The summed E-state index contributed by atoms with van der Waals surface area (Å²) in [6, 6.07) is 11.1. The maximum atomic E-state index is 12.7. The number of anilines is 1. The van der Waals surface area contributed by atoms with Gasteiger partial charge in [-0.2, -0.15) is 13.2 Å². The van der Waals surface area contributed by atoms with Gasteiger partial charge in [0.1, 0.15) is 12.1 Å². The number of halogens is 3. The summed E-state index contributed by atoms with van der Waals surface area (Å²) in [5.41, 5.74) is 1.50. The first-order chi connectivity index (χ1) is 14.6. The lowest BCUT2D eigenvalue weighted by molar-refractivity contribution is -0.137. The lowest BCUT2D eigenvalue weighted by atomic mass is 10.1. The van der Waals surface area contributed by atoms with Crippen molar-refractivity contribution in [1.29, 1.82) is 0 Å². The summed E-state index contributed by atoms with van der Waals surface area (Å²) >= 11 is 0. The molecule has 162 valence electrons. The first kappa shape index (κ1) is 21.1. The van der Waals surface area contributed by atoms with Crippen molar-refractivity contribution in [3.63, 3.8) is 0 Å². The Balaban J connectivity index is 1.56. The van der Waals surface area contributed by atoms with E-state index in [9.17, 15) is 21.6 Å². The van der Waals surface area contributed by atoms with Gasteiger partial charge in [-0.1, -0.05) is 6.07 Å². The van der Waals surface area contributed by atoms with Gasteiger partial charge in [0.2, 0.25) is 5.88 Å². The standard InChI is InChI=1S/C21H18F3N3O3S/c1-31(28,29)17-4-2-3-15(11-17)27-10-9-18-19(12-27)25-13-26-20(18)30-16-7-5-14(6-8-16)21(22,23)24/h2-8,11,13H,9-10,12H2,1H3. The molecule has 10 heteroatoms. The maximum Gasteiger partial charge on any atom is 0.416 e. The number of sulfone groups is 1. The van der Waals surface area contributed by atoms with Gasteiger partial charge in [-0.3, -0.25) is 0 Å². The second kappa shape index (κ2) is 7.84. The number of aromatic nitrogens is 2. The third kappa shape index (κ3) is 4.63. The van der Waals surface area contributed by atoms with E-state index in [1.165, 1.54) is 18.5 Å². The highest BCUT2D eigenvalue weighted by Crippen LogP contribution is 2.33. The minimum atomic E-state index is -4.41. The Kier molecular flexibility index (Phi) is 5.34. The minimum absolute atomic E-state index is 0.241. The molecule has 0 saturated heterocycles. The largest absolute Gasteiger partial charge is 0.439 e. The number of ether oxygens (including phenoxy) is 1. The summed E-state index contributed by atoms with van der Waals surface area (Å²) < 4.78 is 67.6. The molecule has 0 atom stereocenters. The molecule has 0 saturated carbocycles. The SMILES string of the molecule is CS(=O)(=O)c1cccc(N2CCc3c(ncnc3Oc3ccc(C(F)(F)F)cc3)C2)c1. The van der Waals surface area contributed by atoms with Crippen LogP contribution in [0.4, 0.5) is 18.9 Å². The molecule has 4 rings (SSSR count). The van der Waals surface area contributed by atoms with Crippen molar-refractivity contribution < 1.29 is 26.3 Å². The van der Waals surface area contributed by atoms with Gasteiger partial charge >= 0.3 is 6.18 Å². The number of hydrogen-bond acceptors (Lipinski definition) is 6. The van der Waals surface area contributed by atoms with Gasteiger partial charge in [0.25, 0.3) is 0 Å². The molecule has 0 bridgehead atoms. The van der Waals surface area contributed by atoms with Crippen LogP contribution in [-0.2, 0) is 29.0 Å². The molecule has 2 aromatic carbocycles. The predicted octanol–water partition coefficient (Wildman–Crippen LogP) is 4.25. The fourth-order valence-corrected chi connectivity index (χ4v) is 4.03. The molecule has 0 radical (unpaired) electrons. The van der Waals surface area contributed by atoms with Crippen molar-refractivity contribution in [3.8, 4) is 11.6 Å². The van der Waals surface area contributed by atoms with E-state index in [-0.39, 0.29) is 10.6 Å². The smallest absolute Gasteiger partial charge is 0.416 e. The summed E-state index contributed by atoms with van der Waals surface area (Å²) in [6.07, 6.45) is -1.37. The van der Waals surface area contributed by atoms with Gasteiger partial charge in [0.05, 0.1) is 22.7 Å². The van der Waals surface area contributed by atoms with Crippen LogP contribution in [0.5, 0.6) is 11.6 Å². The molecule has 0 amide bonds. The van der Waals surface area contributed by atoms with Crippen LogP contribution in [0.25, 0.3) is 0 Å². The normalized spacial score (nSPS) is 14.3. The Morgan fingerprint density at radius 3 is 2.48 bits per heavy atom. The zero-order valence-corrected chi connectivity index (χ0v) is 17.2. The number of alkyl halides is 3. The third-order valence-electron chi connectivity index (χ3n) is 4.97. The van der Waals surface area contributed by atoms with Crippen LogP contribution < -0.4 is 9.64 Å². The number of hydrogen-bond donors (Lipinski definition) is 0. The van der Waals surface area contributed by atoms with Crippen LogP contribution in [0.3, 0.4) is 0 Å².